The molecule has 7 nitrogen and oxygen atoms in total. The van der Waals surface area contributed by atoms with E-state index in [4.69, 9.17) is 0 Å². The van der Waals surface area contributed by atoms with E-state index in [0.717, 1.165) is 64.4 Å². The Hall–Kier alpha value is -3.52. The largest absolute Gasteiger partial charge is 0.322 e. The number of amides is 1. The minimum absolute atomic E-state index is 0.133. The number of hydrogen-bond donors (Lipinski definition) is 1. The third kappa shape index (κ3) is 5.43. The molecular weight excluding hydrogens is 456 g/mol. The highest BCUT2D eigenvalue weighted by atomic mass is 32.2. The van der Waals surface area contributed by atoms with Crippen molar-refractivity contribution in [3.05, 3.63) is 82.9 Å². The molecule has 0 spiro atoms. The van der Waals surface area contributed by atoms with Crippen LogP contribution in [0.4, 0.5) is 5.69 Å². The molecule has 1 amide bonds. The topological polar surface area (TPSA) is 85.6 Å². The van der Waals surface area contributed by atoms with Crippen LogP contribution in [0.1, 0.15) is 52.4 Å². The van der Waals surface area contributed by atoms with E-state index in [1.807, 2.05) is 68.4 Å². The van der Waals surface area contributed by atoms with Crippen LogP contribution in [0.15, 0.2) is 59.8 Å². The summed E-state index contributed by atoms with van der Waals surface area (Å²) in [6.07, 6.45) is 4.53. The second kappa shape index (κ2) is 10.4. The Balaban J connectivity index is 1.28. The van der Waals surface area contributed by atoms with Crippen LogP contribution in [0.2, 0.25) is 0 Å². The predicted octanol–water partition coefficient (Wildman–Crippen LogP) is 5.62. The van der Waals surface area contributed by atoms with Gasteiger partial charge in [-0.15, -0.1) is 10.2 Å². The first-order valence-corrected chi connectivity index (χ1v) is 12.9. The second-order valence-electron chi connectivity index (χ2n) is 8.81. The monoisotopic (exact) mass is 484 g/mol. The van der Waals surface area contributed by atoms with Crippen molar-refractivity contribution in [3.63, 3.8) is 0 Å². The molecule has 1 aliphatic heterocycles. The molecule has 3 heterocycles. The Morgan fingerprint density at radius 3 is 2.54 bits per heavy atom. The van der Waals surface area contributed by atoms with Crippen molar-refractivity contribution >= 4 is 23.4 Å². The van der Waals surface area contributed by atoms with Crippen molar-refractivity contribution in [1.82, 2.24) is 24.7 Å². The summed E-state index contributed by atoms with van der Waals surface area (Å²) in [6.45, 7) is 4.88. The van der Waals surface area contributed by atoms with E-state index < -0.39 is 0 Å². The van der Waals surface area contributed by atoms with E-state index in [1.165, 1.54) is 24.6 Å². The minimum atomic E-state index is -0.133. The van der Waals surface area contributed by atoms with E-state index in [0.29, 0.717) is 11.3 Å². The predicted molar refractivity (Wildman–Crippen MR) is 138 cm³/mol. The maximum atomic E-state index is 13.1. The summed E-state index contributed by atoms with van der Waals surface area (Å²) in [5, 5.41) is 12.6. The molecule has 0 unspecified atom stereocenters. The fraction of sp³-hybridized carbons (Fsp3) is 0.296. The normalized spacial score (nSPS) is 13.2. The zero-order valence-corrected chi connectivity index (χ0v) is 20.8. The van der Waals surface area contributed by atoms with Gasteiger partial charge in [-0.3, -0.25) is 4.79 Å². The van der Waals surface area contributed by atoms with Crippen LogP contribution in [-0.4, -0.2) is 30.6 Å². The third-order valence-electron chi connectivity index (χ3n) is 6.09. The zero-order valence-electron chi connectivity index (χ0n) is 20.0. The fourth-order valence-electron chi connectivity index (χ4n) is 4.37. The molecule has 2 aromatic carbocycles. The van der Waals surface area contributed by atoms with Gasteiger partial charge in [0, 0.05) is 46.9 Å². The van der Waals surface area contributed by atoms with Crippen LogP contribution in [-0.2, 0) is 18.7 Å². The zero-order chi connectivity index (χ0) is 24.2. The Morgan fingerprint density at radius 1 is 0.971 bits per heavy atom. The third-order valence-corrected chi connectivity index (χ3v) is 6.99. The van der Waals surface area contributed by atoms with Gasteiger partial charge in [0.25, 0.3) is 5.91 Å². The molecule has 4 aromatic rings. The molecule has 2 aromatic heterocycles. The van der Waals surface area contributed by atoms with Gasteiger partial charge in [-0.2, -0.15) is 0 Å². The van der Waals surface area contributed by atoms with Crippen molar-refractivity contribution in [2.45, 2.75) is 57.0 Å². The van der Waals surface area contributed by atoms with Crippen LogP contribution in [0.5, 0.6) is 0 Å². The lowest BCUT2D eigenvalue weighted by Crippen LogP contribution is -2.14. The number of thioether (sulfide) groups is 1. The van der Waals surface area contributed by atoms with Gasteiger partial charge in [0.2, 0.25) is 0 Å². The standard InChI is InChI=1S/C27H28N6OS/c1-18-16-19(2)29-27(28-18)35-17-21-8-5-6-9-23(21)26(34)30-22-13-11-20(12-14-22)25-32-31-24-10-4-3-7-15-33(24)25/h5-6,8-9,11-14,16H,3-4,7,10,15,17H2,1-2H3,(H,30,34). The molecule has 0 saturated heterocycles. The number of aryl methyl sites for hydroxylation is 3. The van der Waals surface area contributed by atoms with Gasteiger partial charge in [-0.1, -0.05) is 36.4 Å². The number of nitrogens with one attached hydrogen (secondary N) is 1. The smallest absolute Gasteiger partial charge is 0.255 e. The summed E-state index contributed by atoms with van der Waals surface area (Å²) < 4.78 is 2.23. The Labute approximate surface area is 209 Å². The van der Waals surface area contributed by atoms with Crippen LogP contribution in [0.3, 0.4) is 0 Å². The number of nitrogens with zero attached hydrogens (tertiary/aromatic N) is 5. The van der Waals surface area contributed by atoms with Crippen LogP contribution >= 0.6 is 11.8 Å². The molecular formula is C27H28N6OS. The maximum Gasteiger partial charge on any atom is 0.255 e. The molecule has 5 rings (SSSR count). The van der Waals surface area contributed by atoms with Gasteiger partial charge in [0.1, 0.15) is 5.82 Å². The highest BCUT2D eigenvalue weighted by Gasteiger charge is 2.17. The first kappa shape index (κ1) is 23.2. The molecule has 1 N–H and O–H groups in total. The van der Waals surface area contributed by atoms with Gasteiger partial charge < -0.3 is 9.88 Å². The summed E-state index contributed by atoms with van der Waals surface area (Å²) in [7, 11) is 0. The average molecular weight is 485 g/mol. The molecule has 0 radical (unpaired) electrons. The summed E-state index contributed by atoms with van der Waals surface area (Å²) in [6, 6.07) is 17.5. The highest BCUT2D eigenvalue weighted by Crippen LogP contribution is 2.26. The average Bonchev–Trinajstić information content (AvgIpc) is 3.10. The summed E-state index contributed by atoms with van der Waals surface area (Å²) in [4.78, 5) is 22.1. The van der Waals surface area contributed by atoms with E-state index in [-0.39, 0.29) is 5.91 Å². The number of anilines is 1. The number of hydrogen-bond acceptors (Lipinski definition) is 6. The number of carbonyl (C=O) groups excluding carboxylic acids is 1. The van der Waals surface area contributed by atoms with Crippen molar-refractivity contribution in [2.75, 3.05) is 5.32 Å². The fourth-order valence-corrected chi connectivity index (χ4v) is 5.32. The lowest BCUT2D eigenvalue weighted by molar-refractivity contribution is 0.102. The van der Waals surface area contributed by atoms with E-state index in [1.54, 1.807) is 0 Å². The Morgan fingerprint density at radius 2 is 1.74 bits per heavy atom. The number of benzene rings is 2. The SMILES string of the molecule is Cc1cc(C)nc(SCc2ccccc2C(=O)Nc2ccc(-c3nnc4n3CCCCC4)cc2)n1. The molecule has 0 aliphatic carbocycles. The summed E-state index contributed by atoms with van der Waals surface area (Å²) >= 11 is 1.54. The highest BCUT2D eigenvalue weighted by molar-refractivity contribution is 7.98. The van der Waals surface area contributed by atoms with Gasteiger partial charge in [-0.25, -0.2) is 9.97 Å². The van der Waals surface area contributed by atoms with Crippen LogP contribution in [0.25, 0.3) is 11.4 Å². The van der Waals surface area contributed by atoms with Gasteiger partial charge in [-0.05, 0) is 68.7 Å². The van der Waals surface area contributed by atoms with Crippen molar-refractivity contribution in [2.24, 2.45) is 0 Å². The molecule has 0 saturated carbocycles. The number of fused-ring (bicyclic) bond motifs is 1. The molecule has 0 atom stereocenters. The lowest BCUT2D eigenvalue weighted by Gasteiger charge is -2.11. The lowest BCUT2D eigenvalue weighted by atomic mass is 10.1. The first-order valence-electron chi connectivity index (χ1n) is 11.9. The molecule has 178 valence electrons. The van der Waals surface area contributed by atoms with Gasteiger partial charge >= 0.3 is 0 Å². The number of aromatic nitrogens is 5. The molecule has 1 aliphatic rings. The maximum absolute atomic E-state index is 13.1. The Bertz CT molecular complexity index is 1330. The summed E-state index contributed by atoms with van der Waals surface area (Å²) in [5.74, 6) is 2.45. The first-order chi connectivity index (χ1) is 17.1. The van der Waals surface area contributed by atoms with Crippen molar-refractivity contribution in [3.8, 4) is 11.4 Å². The number of carbonyl (C=O) groups is 1. The molecule has 0 fully saturated rings. The molecule has 35 heavy (non-hydrogen) atoms. The summed E-state index contributed by atoms with van der Waals surface area (Å²) in [5.41, 5.74) is 5.23. The van der Waals surface area contributed by atoms with E-state index >= 15 is 0 Å². The second-order valence-corrected chi connectivity index (χ2v) is 9.76. The number of rotatable bonds is 6. The van der Waals surface area contributed by atoms with Crippen molar-refractivity contribution < 1.29 is 4.79 Å². The van der Waals surface area contributed by atoms with Crippen LogP contribution < -0.4 is 5.32 Å². The van der Waals surface area contributed by atoms with Gasteiger partial charge in [0.05, 0.1) is 0 Å². The van der Waals surface area contributed by atoms with E-state index in [9.17, 15) is 4.79 Å². The van der Waals surface area contributed by atoms with E-state index in [2.05, 4.69) is 30.0 Å². The molecule has 8 heteroatoms. The van der Waals surface area contributed by atoms with Crippen LogP contribution in [0, 0.1) is 13.8 Å². The Kier molecular flexibility index (Phi) is 6.90. The minimum Gasteiger partial charge on any atom is -0.322 e. The van der Waals surface area contributed by atoms with Crippen molar-refractivity contribution in [1.29, 1.82) is 0 Å². The quantitative estimate of drug-likeness (QED) is 0.282. The van der Waals surface area contributed by atoms with Gasteiger partial charge in [0.15, 0.2) is 11.0 Å². The molecule has 0 bridgehead atoms.